The van der Waals surface area contributed by atoms with Crippen molar-refractivity contribution in [3.8, 4) is 17.2 Å². The van der Waals surface area contributed by atoms with Crippen LogP contribution in [0.5, 0.6) is 17.2 Å². The van der Waals surface area contributed by atoms with E-state index in [1.165, 1.54) is 0 Å². The number of likely N-dealkylation sites (N-methyl/N-ethyl adjacent to an activating group) is 1. The Labute approximate surface area is 243 Å². The molecule has 1 unspecified atom stereocenters. The van der Waals surface area contributed by atoms with Gasteiger partial charge in [-0.1, -0.05) is 58.0 Å². The number of carbonyl (C=O) groups excluding carboxylic acids is 2. The van der Waals surface area contributed by atoms with E-state index in [-0.39, 0.29) is 11.3 Å². The van der Waals surface area contributed by atoms with Gasteiger partial charge in [0.2, 0.25) is 0 Å². The number of likely N-dealkylation sites (tertiary alicyclic amines) is 1. The number of aliphatic hydroxyl groups is 1. The zero-order valence-electron chi connectivity index (χ0n) is 24.6. The molecule has 1 N–H and O–H groups in total. The maximum Gasteiger partial charge on any atom is 0.295 e. The third-order valence-electron chi connectivity index (χ3n) is 7.26. The van der Waals surface area contributed by atoms with Gasteiger partial charge in [0.1, 0.15) is 23.0 Å². The van der Waals surface area contributed by atoms with Crippen LogP contribution in [0.1, 0.15) is 50.4 Å². The van der Waals surface area contributed by atoms with Crippen molar-refractivity contribution in [2.45, 2.75) is 40.7 Å². The molecule has 216 valence electrons. The molecule has 7 nitrogen and oxygen atoms in total. The van der Waals surface area contributed by atoms with Gasteiger partial charge in [-0.3, -0.25) is 9.59 Å². The average molecular weight is 557 g/mol. The number of aryl methyl sites for hydroxylation is 1. The summed E-state index contributed by atoms with van der Waals surface area (Å²) in [5.74, 6) is 0.826. The minimum atomic E-state index is -0.762. The second-order valence-electron chi connectivity index (χ2n) is 10.7. The lowest BCUT2D eigenvalue weighted by atomic mass is 9.94. The zero-order valence-corrected chi connectivity index (χ0v) is 24.6. The van der Waals surface area contributed by atoms with Crippen LogP contribution < -0.4 is 9.47 Å². The van der Waals surface area contributed by atoms with Crippen molar-refractivity contribution >= 4 is 17.4 Å². The molecule has 1 fully saturated rings. The third-order valence-corrected chi connectivity index (χ3v) is 7.26. The van der Waals surface area contributed by atoms with Gasteiger partial charge in [-0.25, -0.2) is 0 Å². The van der Waals surface area contributed by atoms with Crippen LogP contribution >= 0.6 is 0 Å². The molecule has 1 saturated heterocycles. The maximum absolute atomic E-state index is 13.5. The van der Waals surface area contributed by atoms with E-state index in [1.807, 2.05) is 61.5 Å². The highest BCUT2D eigenvalue weighted by molar-refractivity contribution is 6.46. The molecule has 1 atom stereocenters. The lowest BCUT2D eigenvalue weighted by Crippen LogP contribution is -2.38. The summed E-state index contributed by atoms with van der Waals surface area (Å²) in [5.41, 5.74) is 2.05. The quantitative estimate of drug-likeness (QED) is 0.154. The van der Waals surface area contributed by atoms with E-state index in [1.54, 1.807) is 23.1 Å². The van der Waals surface area contributed by atoms with Crippen molar-refractivity contribution in [2.24, 2.45) is 5.92 Å². The van der Waals surface area contributed by atoms with Gasteiger partial charge in [-0.05, 0) is 79.5 Å². The Morgan fingerprint density at radius 1 is 0.951 bits per heavy atom. The van der Waals surface area contributed by atoms with Gasteiger partial charge in [-0.2, -0.15) is 0 Å². The SMILES string of the molecule is CCN(CC)CCN1C(=O)C(=O)/C(=C(/O)c2ccc(OCC(C)C)c(C)c2)C1c1cccc(Oc2ccccc2)c1. The number of Topliss-reactive ketones (excluding diaryl/α,β-unsaturated/α-hetero) is 1. The van der Waals surface area contributed by atoms with E-state index in [0.29, 0.717) is 48.2 Å². The molecule has 1 heterocycles. The van der Waals surface area contributed by atoms with Crippen LogP contribution in [-0.4, -0.2) is 59.4 Å². The lowest BCUT2D eigenvalue weighted by molar-refractivity contribution is -0.140. The van der Waals surface area contributed by atoms with Crippen LogP contribution in [0.15, 0.2) is 78.4 Å². The standard InChI is InChI=1S/C34H40N2O5/c1-6-35(7-2)18-19-36-31(25-12-11-15-28(21-25)41-27-13-9-8-10-14-27)30(33(38)34(36)39)32(37)26-16-17-29(24(5)20-26)40-22-23(3)4/h8-17,20-21,23,31,37H,6-7,18-19,22H2,1-5H3/b32-30+. The molecule has 0 bridgehead atoms. The number of rotatable bonds is 12. The topological polar surface area (TPSA) is 79.3 Å². The number of hydrogen-bond acceptors (Lipinski definition) is 6. The molecule has 0 spiro atoms. The van der Waals surface area contributed by atoms with Crippen molar-refractivity contribution in [2.75, 3.05) is 32.8 Å². The van der Waals surface area contributed by atoms with E-state index < -0.39 is 17.7 Å². The third kappa shape index (κ3) is 6.98. The summed E-state index contributed by atoms with van der Waals surface area (Å²) in [6.07, 6.45) is 0. The van der Waals surface area contributed by atoms with Crippen molar-refractivity contribution in [3.63, 3.8) is 0 Å². The molecule has 4 rings (SSSR count). The Morgan fingerprint density at radius 3 is 2.32 bits per heavy atom. The van der Waals surface area contributed by atoms with Crippen LogP contribution in [0.4, 0.5) is 0 Å². The summed E-state index contributed by atoms with van der Waals surface area (Å²) in [6, 6.07) is 21.3. The van der Waals surface area contributed by atoms with Crippen LogP contribution in [-0.2, 0) is 9.59 Å². The first kappa shape index (κ1) is 29.9. The Kier molecular flexibility index (Phi) is 9.84. The molecule has 0 aliphatic carbocycles. The van der Waals surface area contributed by atoms with Gasteiger partial charge < -0.3 is 24.4 Å². The number of para-hydroxylation sites is 1. The predicted molar refractivity (Wildman–Crippen MR) is 161 cm³/mol. The number of aliphatic hydroxyl groups excluding tert-OH is 1. The largest absolute Gasteiger partial charge is 0.507 e. The highest BCUT2D eigenvalue weighted by Gasteiger charge is 2.46. The summed E-state index contributed by atoms with van der Waals surface area (Å²) in [6.45, 7) is 13.4. The van der Waals surface area contributed by atoms with E-state index >= 15 is 0 Å². The summed E-state index contributed by atoms with van der Waals surface area (Å²) in [7, 11) is 0. The number of ketones is 1. The molecule has 3 aromatic carbocycles. The number of amides is 1. The van der Waals surface area contributed by atoms with Crippen molar-refractivity contribution in [1.29, 1.82) is 0 Å². The van der Waals surface area contributed by atoms with E-state index in [0.717, 1.165) is 24.4 Å². The molecule has 1 aliphatic heterocycles. The fourth-order valence-corrected chi connectivity index (χ4v) is 4.99. The molecule has 41 heavy (non-hydrogen) atoms. The Bertz CT molecular complexity index is 1400. The smallest absolute Gasteiger partial charge is 0.295 e. The summed E-state index contributed by atoms with van der Waals surface area (Å²) >= 11 is 0. The van der Waals surface area contributed by atoms with Gasteiger partial charge in [0.05, 0.1) is 18.2 Å². The summed E-state index contributed by atoms with van der Waals surface area (Å²) in [5, 5.41) is 11.6. The predicted octanol–water partition coefficient (Wildman–Crippen LogP) is 6.59. The zero-order chi connectivity index (χ0) is 29.5. The first-order valence-corrected chi connectivity index (χ1v) is 14.3. The molecule has 1 amide bonds. The molecule has 3 aromatic rings. The lowest BCUT2D eigenvalue weighted by Gasteiger charge is -2.28. The first-order chi connectivity index (χ1) is 19.7. The Balaban J connectivity index is 1.76. The second-order valence-corrected chi connectivity index (χ2v) is 10.7. The molecule has 0 aromatic heterocycles. The molecule has 0 radical (unpaired) electrons. The Morgan fingerprint density at radius 2 is 1.66 bits per heavy atom. The van der Waals surface area contributed by atoms with Crippen molar-refractivity contribution in [1.82, 2.24) is 9.80 Å². The minimum absolute atomic E-state index is 0.0710. The second kappa shape index (κ2) is 13.5. The number of ether oxygens (including phenoxy) is 2. The van der Waals surface area contributed by atoms with Gasteiger partial charge in [-0.15, -0.1) is 0 Å². The number of benzene rings is 3. The van der Waals surface area contributed by atoms with Crippen LogP contribution in [0.3, 0.4) is 0 Å². The van der Waals surface area contributed by atoms with Crippen LogP contribution in [0.25, 0.3) is 5.76 Å². The van der Waals surface area contributed by atoms with Gasteiger partial charge in [0.15, 0.2) is 0 Å². The van der Waals surface area contributed by atoms with Gasteiger partial charge in [0, 0.05) is 18.7 Å². The summed E-state index contributed by atoms with van der Waals surface area (Å²) < 4.78 is 12.0. The van der Waals surface area contributed by atoms with Gasteiger partial charge >= 0.3 is 0 Å². The molecule has 7 heteroatoms. The van der Waals surface area contributed by atoms with Crippen molar-refractivity contribution in [3.05, 3.63) is 95.1 Å². The molecule has 1 aliphatic rings. The maximum atomic E-state index is 13.5. The molecule has 0 saturated carbocycles. The fourth-order valence-electron chi connectivity index (χ4n) is 4.99. The molecular formula is C34H40N2O5. The average Bonchev–Trinajstić information content (AvgIpc) is 3.22. The normalized spacial score (nSPS) is 16.6. The monoisotopic (exact) mass is 556 g/mol. The molecular weight excluding hydrogens is 516 g/mol. The summed E-state index contributed by atoms with van der Waals surface area (Å²) in [4.78, 5) is 30.7. The van der Waals surface area contributed by atoms with Crippen molar-refractivity contribution < 1.29 is 24.2 Å². The fraction of sp³-hybridized carbons (Fsp3) is 0.353. The van der Waals surface area contributed by atoms with E-state index in [2.05, 4.69) is 32.6 Å². The first-order valence-electron chi connectivity index (χ1n) is 14.3. The highest BCUT2D eigenvalue weighted by Crippen LogP contribution is 2.41. The number of nitrogens with zero attached hydrogens (tertiary/aromatic N) is 2. The Hall–Kier alpha value is -4.10. The van der Waals surface area contributed by atoms with Crippen LogP contribution in [0.2, 0.25) is 0 Å². The van der Waals surface area contributed by atoms with Crippen LogP contribution in [0, 0.1) is 12.8 Å². The number of carbonyl (C=O) groups is 2. The van der Waals surface area contributed by atoms with E-state index in [9.17, 15) is 14.7 Å². The highest BCUT2D eigenvalue weighted by atomic mass is 16.5. The number of hydrogen-bond donors (Lipinski definition) is 1. The minimum Gasteiger partial charge on any atom is -0.507 e. The van der Waals surface area contributed by atoms with E-state index in [4.69, 9.17) is 9.47 Å². The van der Waals surface area contributed by atoms with Gasteiger partial charge in [0.25, 0.3) is 11.7 Å².